The maximum Gasteiger partial charge on any atom is 0.160 e. The first-order chi connectivity index (χ1) is 11.7. The van der Waals surface area contributed by atoms with Crippen LogP contribution in [0.2, 0.25) is 5.02 Å². The Labute approximate surface area is 142 Å². The molecule has 0 amide bonds. The van der Waals surface area contributed by atoms with Crippen LogP contribution in [0.4, 0.5) is 10.1 Å². The molecule has 3 aromatic rings. The second-order valence-corrected chi connectivity index (χ2v) is 5.32. The number of nitrogens with zero attached hydrogens (tertiary/aromatic N) is 3. The number of aliphatic imine (C=N–C) groups is 1. The van der Waals surface area contributed by atoms with E-state index in [1.54, 1.807) is 36.5 Å². The molecule has 1 aromatic heterocycles. The summed E-state index contributed by atoms with van der Waals surface area (Å²) in [4.78, 5) is 4.20. The summed E-state index contributed by atoms with van der Waals surface area (Å²) in [7, 11) is 0. The van der Waals surface area contributed by atoms with E-state index in [-0.39, 0.29) is 12.2 Å². The van der Waals surface area contributed by atoms with Gasteiger partial charge in [-0.3, -0.25) is 4.99 Å². The quantitative estimate of drug-likeness (QED) is 0.632. The number of nitriles is 1. The monoisotopic (exact) mass is 339 g/mol. The van der Waals surface area contributed by atoms with Crippen molar-refractivity contribution in [2.75, 3.05) is 0 Å². The zero-order valence-corrected chi connectivity index (χ0v) is 13.2. The van der Waals surface area contributed by atoms with Crippen LogP contribution in [-0.4, -0.2) is 11.4 Å². The average molecular weight is 340 g/mol. The highest BCUT2D eigenvalue weighted by molar-refractivity contribution is 6.33. The molecule has 2 aromatic carbocycles. The van der Waals surface area contributed by atoms with Crippen LogP contribution < -0.4 is 0 Å². The van der Waals surface area contributed by atoms with Crippen molar-refractivity contribution in [3.63, 3.8) is 0 Å². The second kappa shape index (κ2) is 7.07. The van der Waals surface area contributed by atoms with Gasteiger partial charge in [0.2, 0.25) is 0 Å². The minimum atomic E-state index is -0.319. The van der Waals surface area contributed by atoms with Gasteiger partial charge in [-0.25, -0.2) is 4.39 Å². The number of hydrogen-bond donors (Lipinski definition) is 0. The molecule has 0 aliphatic heterocycles. The van der Waals surface area contributed by atoms with Gasteiger partial charge in [-0.1, -0.05) is 35.0 Å². The van der Waals surface area contributed by atoms with E-state index in [1.165, 1.54) is 12.1 Å². The van der Waals surface area contributed by atoms with Gasteiger partial charge in [0.15, 0.2) is 5.76 Å². The average Bonchev–Trinajstić information content (AvgIpc) is 3.00. The molecule has 24 heavy (non-hydrogen) atoms. The van der Waals surface area contributed by atoms with E-state index in [0.29, 0.717) is 33.3 Å². The predicted molar refractivity (Wildman–Crippen MR) is 89.9 cm³/mol. The fourth-order valence-corrected chi connectivity index (χ4v) is 2.40. The summed E-state index contributed by atoms with van der Waals surface area (Å²) in [6.07, 6.45) is 1.88. The molecule has 3 rings (SSSR count). The molecule has 118 valence electrons. The molecule has 0 spiro atoms. The van der Waals surface area contributed by atoms with Crippen LogP contribution >= 0.6 is 11.6 Å². The van der Waals surface area contributed by atoms with E-state index in [9.17, 15) is 9.65 Å². The molecular weight excluding hydrogens is 329 g/mol. The largest absolute Gasteiger partial charge is 0.359 e. The third-order valence-electron chi connectivity index (χ3n) is 3.35. The Morgan fingerprint density at radius 2 is 1.96 bits per heavy atom. The van der Waals surface area contributed by atoms with Gasteiger partial charge < -0.3 is 4.52 Å². The number of benzene rings is 2. The van der Waals surface area contributed by atoms with Crippen LogP contribution in [0.5, 0.6) is 0 Å². The topological polar surface area (TPSA) is 62.2 Å². The maximum absolute atomic E-state index is 12.8. The van der Waals surface area contributed by atoms with Crippen molar-refractivity contribution in [1.82, 2.24) is 5.16 Å². The molecule has 0 radical (unpaired) electrons. The lowest BCUT2D eigenvalue weighted by Crippen LogP contribution is -1.89. The van der Waals surface area contributed by atoms with Crippen LogP contribution in [0.3, 0.4) is 0 Å². The molecule has 1 heterocycles. The van der Waals surface area contributed by atoms with Crippen LogP contribution in [0.15, 0.2) is 58.0 Å². The summed E-state index contributed by atoms with van der Waals surface area (Å²) in [6, 6.07) is 15.0. The third-order valence-corrected chi connectivity index (χ3v) is 3.68. The van der Waals surface area contributed by atoms with E-state index in [0.717, 1.165) is 0 Å². The Kier molecular flexibility index (Phi) is 4.69. The molecule has 0 saturated heterocycles. The van der Waals surface area contributed by atoms with Crippen molar-refractivity contribution < 1.29 is 8.91 Å². The van der Waals surface area contributed by atoms with Gasteiger partial charge in [0.1, 0.15) is 23.1 Å². The fourth-order valence-electron chi connectivity index (χ4n) is 2.18. The number of rotatable bonds is 4. The van der Waals surface area contributed by atoms with E-state index in [1.807, 2.05) is 6.07 Å². The Balaban J connectivity index is 1.84. The van der Waals surface area contributed by atoms with Gasteiger partial charge >= 0.3 is 0 Å². The molecule has 0 unspecified atom stereocenters. The zero-order valence-electron chi connectivity index (χ0n) is 12.4. The van der Waals surface area contributed by atoms with Crippen molar-refractivity contribution in [2.24, 2.45) is 4.99 Å². The molecule has 6 heteroatoms. The Hall–Kier alpha value is -2.97. The highest BCUT2D eigenvalue weighted by Gasteiger charge is 2.18. The maximum atomic E-state index is 12.8. The van der Waals surface area contributed by atoms with Gasteiger partial charge in [-0.2, -0.15) is 5.26 Å². The second-order valence-electron chi connectivity index (χ2n) is 4.91. The first-order valence-corrected chi connectivity index (χ1v) is 7.48. The van der Waals surface area contributed by atoms with Crippen LogP contribution in [0.25, 0.3) is 11.3 Å². The third kappa shape index (κ3) is 3.34. The van der Waals surface area contributed by atoms with Crippen LogP contribution in [0.1, 0.15) is 11.3 Å². The van der Waals surface area contributed by atoms with Crippen molar-refractivity contribution in [1.29, 1.82) is 5.26 Å². The molecular formula is C18H11ClFN3O. The van der Waals surface area contributed by atoms with Crippen molar-refractivity contribution in [3.8, 4) is 17.3 Å². The molecule has 0 fully saturated rings. The van der Waals surface area contributed by atoms with E-state index >= 15 is 0 Å². The first-order valence-electron chi connectivity index (χ1n) is 7.10. The number of hydrogen-bond acceptors (Lipinski definition) is 4. The normalized spacial score (nSPS) is 10.9. The summed E-state index contributed by atoms with van der Waals surface area (Å²) < 4.78 is 18.1. The summed E-state index contributed by atoms with van der Waals surface area (Å²) >= 11 is 6.15. The first kappa shape index (κ1) is 15.9. The molecule has 0 bridgehead atoms. The minimum Gasteiger partial charge on any atom is -0.359 e. The lowest BCUT2D eigenvalue weighted by molar-refractivity contribution is 0.395. The molecule has 0 saturated carbocycles. The lowest BCUT2D eigenvalue weighted by atomic mass is 10.1. The molecule has 0 atom stereocenters. The lowest BCUT2D eigenvalue weighted by Gasteiger charge is -1.99. The van der Waals surface area contributed by atoms with Crippen molar-refractivity contribution in [2.45, 2.75) is 6.42 Å². The van der Waals surface area contributed by atoms with Crippen molar-refractivity contribution >= 4 is 23.5 Å². The molecule has 0 aliphatic carbocycles. The van der Waals surface area contributed by atoms with Gasteiger partial charge in [0, 0.05) is 18.2 Å². The van der Waals surface area contributed by atoms with E-state index in [2.05, 4.69) is 16.2 Å². The predicted octanol–water partition coefficient (Wildman–Crippen LogP) is 4.95. The Morgan fingerprint density at radius 3 is 2.67 bits per heavy atom. The molecule has 0 aliphatic rings. The number of aromatic nitrogens is 1. The minimum absolute atomic E-state index is 0.289. The SMILES string of the molecule is N#Cc1c(-c2ccccc2Cl)noc1CC=Nc1ccc(F)cc1. The smallest absolute Gasteiger partial charge is 0.160 e. The summed E-state index contributed by atoms with van der Waals surface area (Å²) in [5.41, 5.74) is 1.99. The van der Waals surface area contributed by atoms with Crippen LogP contribution in [0, 0.1) is 17.1 Å². The Bertz CT molecular complexity index is 926. The van der Waals surface area contributed by atoms with Gasteiger partial charge in [0.25, 0.3) is 0 Å². The van der Waals surface area contributed by atoms with Crippen molar-refractivity contribution in [3.05, 3.63) is 70.7 Å². The highest BCUT2D eigenvalue weighted by atomic mass is 35.5. The highest BCUT2D eigenvalue weighted by Crippen LogP contribution is 2.30. The fraction of sp³-hybridized carbons (Fsp3) is 0.0556. The zero-order chi connectivity index (χ0) is 16.9. The van der Waals surface area contributed by atoms with E-state index < -0.39 is 0 Å². The summed E-state index contributed by atoms with van der Waals surface area (Å²) in [5.74, 6) is 0.0821. The summed E-state index contributed by atoms with van der Waals surface area (Å²) in [6.45, 7) is 0. The van der Waals surface area contributed by atoms with Gasteiger partial charge in [0.05, 0.1) is 10.7 Å². The van der Waals surface area contributed by atoms with Gasteiger partial charge in [-0.05, 0) is 30.3 Å². The molecule has 4 nitrogen and oxygen atoms in total. The van der Waals surface area contributed by atoms with E-state index in [4.69, 9.17) is 16.1 Å². The van der Waals surface area contributed by atoms with Crippen LogP contribution in [-0.2, 0) is 6.42 Å². The number of halogens is 2. The molecule has 0 N–H and O–H groups in total. The standard InChI is InChI=1S/C18H11ClFN3O/c19-16-4-2-1-3-14(16)18-15(11-21)17(24-23-18)9-10-22-13-7-5-12(20)6-8-13/h1-8,10H,9H2. The Morgan fingerprint density at radius 1 is 1.21 bits per heavy atom. The summed E-state index contributed by atoms with van der Waals surface area (Å²) in [5, 5.41) is 13.9. The van der Waals surface area contributed by atoms with Gasteiger partial charge in [-0.15, -0.1) is 0 Å².